The molecule has 3 N–H and O–H groups in total. The number of thioether (sulfide) groups is 1. The molecule has 24 heavy (non-hydrogen) atoms. The molecule has 0 radical (unpaired) electrons. The van der Waals surface area contributed by atoms with E-state index in [9.17, 15) is 4.79 Å². The number of piperidine rings is 1. The predicted molar refractivity (Wildman–Crippen MR) is 101 cm³/mol. The standard InChI is InChI=1S/C18H29N3O2S/c1-18(2,3)23-17(22)21-10-6-8-14(12-21)13-7-5-9-15(11-13)20-16(19)24-4/h5,7,9,11,14,16,20H,6,8,10,12,19H2,1-4H3. The van der Waals surface area contributed by atoms with Crippen LogP contribution < -0.4 is 11.1 Å². The molecule has 0 bridgehead atoms. The van der Waals surface area contributed by atoms with Crippen LogP contribution in [0, 0.1) is 0 Å². The average Bonchev–Trinajstić information content (AvgIpc) is 2.53. The van der Waals surface area contributed by atoms with Crippen molar-refractivity contribution in [3.8, 4) is 0 Å². The van der Waals surface area contributed by atoms with Crippen molar-refractivity contribution in [3.63, 3.8) is 0 Å². The van der Waals surface area contributed by atoms with Gasteiger partial charge in [-0.05, 0) is 57.6 Å². The van der Waals surface area contributed by atoms with Crippen LogP contribution in [0.1, 0.15) is 45.1 Å². The van der Waals surface area contributed by atoms with E-state index in [1.807, 2.05) is 44.1 Å². The van der Waals surface area contributed by atoms with Gasteiger partial charge in [0.2, 0.25) is 0 Å². The van der Waals surface area contributed by atoms with Crippen molar-refractivity contribution < 1.29 is 9.53 Å². The van der Waals surface area contributed by atoms with Crippen molar-refractivity contribution >= 4 is 23.5 Å². The van der Waals surface area contributed by atoms with Gasteiger partial charge in [0, 0.05) is 24.7 Å². The number of carbonyl (C=O) groups is 1. The van der Waals surface area contributed by atoms with Crippen molar-refractivity contribution in [2.45, 2.75) is 50.6 Å². The van der Waals surface area contributed by atoms with E-state index in [-0.39, 0.29) is 11.6 Å². The van der Waals surface area contributed by atoms with Crippen LogP contribution in [0.25, 0.3) is 0 Å². The van der Waals surface area contributed by atoms with Gasteiger partial charge >= 0.3 is 6.09 Å². The van der Waals surface area contributed by atoms with Crippen molar-refractivity contribution in [1.82, 2.24) is 4.90 Å². The smallest absolute Gasteiger partial charge is 0.410 e. The Hall–Kier alpha value is -1.40. The molecule has 0 aromatic heterocycles. The second-order valence-corrected chi connectivity index (χ2v) is 8.17. The first kappa shape index (κ1) is 18.9. The zero-order chi connectivity index (χ0) is 17.7. The minimum absolute atomic E-state index is 0.120. The van der Waals surface area contributed by atoms with Crippen molar-refractivity contribution in [2.24, 2.45) is 5.73 Å². The molecular weight excluding hydrogens is 322 g/mol. The summed E-state index contributed by atoms with van der Waals surface area (Å²) in [6.07, 6.45) is 3.83. The minimum atomic E-state index is -0.457. The van der Waals surface area contributed by atoms with E-state index in [2.05, 4.69) is 17.4 Å². The Labute approximate surface area is 149 Å². The maximum absolute atomic E-state index is 12.3. The largest absolute Gasteiger partial charge is 0.444 e. The molecule has 2 atom stereocenters. The van der Waals surface area contributed by atoms with Crippen LogP contribution in [0.3, 0.4) is 0 Å². The van der Waals surface area contributed by atoms with Crippen LogP contribution in [0.4, 0.5) is 10.5 Å². The Morgan fingerprint density at radius 3 is 2.88 bits per heavy atom. The van der Waals surface area contributed by atoms with Gasteiger partial charge in [-0.1, -0.05) is 12.1 Å². The van der Waals surface area contributed by atoms with E-state index >= 15 is 0 Å². The van der Waals surface area contributed by atoms with E-state index < -0.39 is 5.60 Å². The van der Waals surface area contributed by atoms with Crippen LogP contribution in [-0.2, 0) is 4.74 Å². The monoisotopic (exact) mass is 351 g/mol. The number of carbonyl (C=O) groups excluding carboxylic acids is 1. The molecule has 1 aromatic rings. The molecule has 0 aliphatic carbocycles. The summed E-state index contributed by atoms with van der Waals surface area (Å²) in [6, 6.07) is 8.32. The topological polar surface area (TPSA) is 67.6 Å². The Morgan fingerprint density at radius 1 is 1.46 bits per heavy atom. The number of rotatable bonds is 4. The van der Waals surface area contributed by atoms with E-state index in [1.54, 1.807) is 11.8 Å². The number of likely N-dealkylation sites (tertiary alicyclic amines) is 1. The second kappa shape index (κ2) is 8.12. The van der Waals surface area contributed by atoms with E-state index in [4.69, 9.17) is 10.5 Å². The SMILES string of the molecule is CSC(N)Nc1cccc(C2CCCN(C(=O)OC(C)(C)C)C2)c1. The van der Waals surface area contributed by atoms with E-state index in [0.717, 1.165) is 25.1 Å². The number of hydrogen-bond acceptors (Lipinski definition) is 5. The molecule has 1 heterocycles. The minimum Gasteiger partial charge on any atom is -0.444 e. The summed E-state index contributed by atoms with van der Waals surface area (Å²) in [6.45, 7) is 7.16. The van der Waals surface area contributed by atoms with Crippen LogP contribution in [0.15, 0.2) is 24.3 Å². The number of nitrogens with one attached hydrogen (secondary N) is 1. The Morgan fingerprint density at radius 2 is 2.21 bits per heavy atom. The zero-order valence-electron chi connectivity index (χ0n) is 15.0. The quantitative estimate of drug-likeness (QED) is 0.807. The molecule has 1 saturated heterocycles. The molecule has 1 aromatic carbocycles. The lowest BCUT2D eigenvalue weighted by Gasteiger charge is -2.34. The molecule has 1 aliphatic rings. The molecule has 1 fully saturated rings. The highest BCUT2D eigenvalue weighted by molar-refractivity contribution is 7.99. The molecule has 0 spiro atoms. The molecule has 0 saturated carbocycles. The summed E-state index contributed by atoms with van der Waals surface area (Å²) in [4.78, 5) is 14.1. The fourth-order valence-corrected chi connectivity index (χ4v) is 3.10. The molecule has 6 heteroatoms. The first-order chi connectivity index (χ1) is 11.3. The van der Waals surface area contributed by atoms with Gasteiger partial charge in [0.15, 0.2) is 0 Å². The molecule has 1 aliphatic heterocycles. The zero-order valence-corrected chi connectivity index (χ0v) is 15.9. The Balaban J connectivity index is 2.04. The fourth-order valence-electron chi connectivity index (χ4n) is 2.85. The van der Waals surface area contributed by atoms with Gasteiger partial charge < -0.3 is 20.7 Å². The number of ether oxygens (including phenoxy) is 1. The maximum atomic E-state index is 12.3. The van der Waals surface area contributed by atoms with Gasteiger partial charge in [0.05, 0.1) is 0 Å². The highest BCUT2D eigenvalue weighted by Gasteiger charge is 2.28. The van der Waals surface area contributed by atoms with Gasteiger partial charge in [-0.15, -0.1) is 11.8 Å². The maximum Gasteiger partial charge on any atom is 0.410 e. The average molecular weight is 352 g/mol. The number of nitrogens with zero attached hydrogens (tertiary/aromatic N) is 1. The lowest BCUT2D eigenvalue weighted by atomic mass is 9.90. The number of anilines is 1. The van der Waals surface area contributed by atoms with Crippen LogP contribution in [-0.4, -0.2) is 41.4 Å². The summed E-state index contributed by atoms with van der Waals surface area (Å²) in [5.74, 6) is 0.332. The third-order valence-electron chi connectivity index (χ3n) is 3.99. The summed E-state index contributed by atoms with van der Waals surface area (Å²) in [7, 11) is 0. The van der Waals surface area contributed by atoms with Crippen molar-refractivity contribution in [1.29, 1.82) is 0 Å². The Kier molecular flexibility index (Phi) is 6.40. The number of benzene rings is 1. The third-order valence-corrected chi connectivity index (χ3v) is 4.62. The van der Waals surface area contributed by atoms with Crippen LogP contribution in [0.2, 0.25) is 0 Å². The van der Waals surface area contributed by atoms with Gasteiger partial charge in [0.25, 0.3) is 0 Å². The predicted octanol–water partition coefficient (Wildman–Crippen LogP) is 3.82. The molecule has 5 nitrogen and oxygen atoms in total. The third kappa shape index (κ3) is 5.60. The molecular formula is C18H29N3O2S. The Bertz CT molecular complexity index is 559. The molecule has 2 unspecified atom stereocenters. The highest BCUT2D eigenvalue weighted by atomic mass is 32.2. The fraction of sp³-hybridized carbons (Fsp3) is 0.611. The van der Waals surface area contributed by atoms with E-state index in [0.29, 0.717) is 12.5 Å². The molecule has 2 rings (SSSR count). The molecule has 1 amide bonds. The van der Waals surface area contributed by atoms with Crippen LogP contribution >= 0.6 is 11.8 Å². The van der Waals surface area contributed by atoms with Crippen LogP contribution in [0.5, 0.6) is 0 Å². The van der Waals surface area contributed by atoms with Gasteiger partial charge in [-0.3, -0.25) is 0 Å². The number of amides is 1. The summed E-state index contributed by atoms with van der Waals surface area (Å²) < 4.78 is 5.51. The summed E-state index contributed by atoms with van der Waals surface area (Å²) >= 11 is 1.57. The van der Waals surface area contributed by atoms with Gasteiger partial charge in [-0.2, -0.15) is 0 Å². The van der Waals surface area contributed by atoms with Gasteiger partial charge in [-0.25, -0.2) is 4.79 Å². The second-order valence-electron chi connectivity index (χ2n) is 7.19. The van der Waals surface area contributed by atoms with E-state index in [1.165, 1.54) is 5.56 Å². The summed E-state index contributed by atoms with van der Waals surface area (Å²) in [5, 5.41) is 3.27. The lowest BCUT2D eigenvalue weighted by Crippen LogP contribution is -2.42. The summed E-state index contributed by atoms with van der Waals surface area (Å²) in [5.41, 5.74) is 7.61. The molecule has 134 valence electrons. The number of hydrogen-bond donors (Lipinski definition) is 2. The van der Waals surface area contributed by atoms with Gasteiger partial charge in [0.1, 0.15) is 11.1 Å². The first-order valence-electron chi connectivity index (χ1n) is 8.41. The lowest BCUT2D eigenvalue weighted by molar-refractivity contribution is 0.0198. The normalized spacial score (nSPS) is 19.7. The highest BCUT2D eigenvalue weighted by Crippen LogP contribution is 2.29. The number of nitrogens with two attached hydrogens (primary N) is 1. The first-order valence-corrected chi connectivity index (χ1v) is 9.70. The van der Waals surface area contributed by atoms with Crippen molar-refractivity contribution in [3.05, 3.63) is 29.8 Å². The van der Waals surface area contributed by atoms with Crippen molar-refractivity contribution in [2.75, 3.05) is 24.7 Å².